The standard InChI is InChI=1S/C25H29Si/c1-15-16(2)24(25(4,5)17(15)3)23-21-14-18-10-8-9-11-19(18)20(21)12-13-22(23)26(6)7/h8-13H,14H2,1-7H3. The quantitative estimate of drug-likeness (QED) is 0.468. The number of benzene rings is 2. The molecule has 2 aliphatic rings. The van der Waals surface area contributed by atoms with Crippen molar-refractivity contribution in [2.24, 2.45) is 5.41 Å². The first-order valence-corrected chi connectivity index (χ1v) is 12.2. The summed E-state index contributed by atoms with van der Waals surface area (Å²) in [6.45, 7) is 16.7. The molecule has 0 atom stereocenters. The zero-order chi connectivity index (χ0) is 18.8. The molecule has 0 saturated carbocycles. The average Bonchev–Trinajstić information content (AvgIpc) is 3.04. The second-order valence-electron chi connectivity index (χ2n) is 8.72. The van der Waals surface area contributed by atoms with E-state index in [0.717, 1.165) is 6.42 Å². The minimum absolute atomic E-state index is 0.115. The smallest absolute Gasteiger partial charge is 0.0671 e. The van der Waals surface area contributed by atoms with E-state index in [2.05, 4.69) is 84.1 Å². The van der Waals surface area contributed by atoms with Crippen molar-refractivity contribution in [3.05, 3.63) is 69.8 Å². The molecule has 0 unspecified atom stereocenters. The Bertz CT molecular complexity index is 983. The van der Waals surface area contributed by atoms with Crippen LogP contribution in [0.25, 0.3) is 16.7 Å². The zero-order valence-corrected chi connectivity index (χ0v) is 18.2. The van der Waals surface area contributed by atoms with E-state index in [4.69, 9.17) is 0 Å². The highest BCUT2D eigenvalue weighted by atomic mass is 28.3. The van der Waals surface area contributed by atoms with Crippen LogP contribution in [0.5, 0.6) is 0 Å². The molecule has 0 amide bonds. The van der Waals surface area contributed by atoms with Crippen LogP contribution >= 0.6 is 0 Å². The molecule has 0 saturated heterocycles. The Kier molecular flexibility index (Phi) is 3.93. The van der Waals surface area contributed by atoms with Gasteiger partial charge in [-0.2, -0.15) is 0 Å². The summed E-state index contributed by atoms with van der Waals surface area (Å²) in [6, 6.07) is 13.8. The lowest BCUT2D eigenvalue weighted by Gasteiger charge is -2.30. The van der Waals surface area contributed by atoms with Crippen molar-refractivity contribution in [1.29, 1.82) is 0 Å². The summed E-state index contributed by atoms with van der Waals surface area (Å²) in [5, 5.41) is 1.60. The molecule has 1 radical (unpaired) electrons. The highest BCUT2D eigenvalue weighted by Gasteiger charge is 2.38. The third-order valence-corrected chi connectivity index (χ3v) is 8.33. The van der Waals surface area contributed by atoms with Crippen molar-refractivity contribution in [1.82, 2.24) is 0 Å². The summed E-state index contributed by atoms with van der Waals surface area (Å²) in [5.74, 6) is 0. The number of fused-ring (bicyclic) bond motifs is 3. The van der Waals surface area contributed by atoms with Crippen LogP contribution in [0, 0.1) is 5.41 Å². The van der Waals surface area contributed by atoms with Gasteiger partial charge in [0.25, 0.3) is 0 Å². The molecule has 0 heterocycles. The van der Waals surface area contributed by atoms with E-state index in [9.17, 15) is 0 Å². The molecule has 4 rings (SSSR count). The summed E-state index contributed by atoms with van der Waals surface area (Å²) in [6.07, 6.45) is 1.08. The maximum atomic E-state index is 2.43. The van der Waals surface area contributed by atoms with Crippen molar-refractivity contribution in [3.8, 4) is 11.1 Å². The lowest BCUT2D eigenvalue weighted by molar-refractivity contribution is 0.609. The highest BCUT2D eigenvalue weighted by Crippen LogP contribution is 2.53. The predicted octanol–water partition coefficient (Wildman–Crippen LogP) is 6.37. The number of rotatable bonds is 2. The first kappa shape index (κ1) is 17.5. The number of hydrogen-bond acceptors (Lipinski definition) is 0. The van der Waals surface area contributed by atoms with Crippen LogP contribution in [0.15, 0.2) is 53.1 Å². The molecule has 2 aliphatic carbocycles. The summed E-state index contributed by atoms with van der Waals surface area (Å²) in [4.78, 5) is 0. The molecule has 0 aliphatic heterocycles. The Morgan fingerprint density at radius 2 is 1.54 bits per heavy atom. The SMILES string of the molecule is CC1=C(C)C(C)(C)C(c2c([Si](C)C)ccc3c2Cc2ccccc2-3)=C1C. The van der Waals surface area contributed by atoms with Crippen LogP contribution < -0.4 is 5.19 Å². The van der Waals surface area contributed by atoms with E-state index in [0.29, 0.717) is 0 Å². The van der Waals surface area contributed by atoms with Crippen molar-refractivity contribution >= 4 is 19.6 Å². The van der Waals surface area contributed by atoms with E-state index in [1.807, 2.05) is 0 Å². The van der Waals surface area contributed by atoms with Gasteiger partial charge in [0.05, 0.1) is 8.80 Å². The molecule has 1 heteroatoms. The normalized spacial score (nSPS) is 18.0. The molecular formula is C25H29Si. The molecular weight excluding hydrogens is 328 g/mol. The molecule has 0 bridgehead atoms. The fourth-order valence-electron chi connectivity index (χ4n) is 5.01. The zero-order valence-electron chi connectivity index (χ0n) is 17.2. The van der Waals surface area contributed by atoms with Crippen LogP contribution in [0.2, 0.25) is 13.1 Å². The van der Waals surface area contributed by atoms with Gasteiger partial charge < -0.3 is 0 Å². The molecule has 0 aromatic heterocycles. The Labute approximate surface area is 160 Å². The third kappa shape index (κ3) is 2.26. The third-order valence-electron chi connectivity index (χ3n) is 6.84. The molecule has 0 nitrogen and oxygen atoms in total. The molecule has 0 spiro atoms. The van der Waals surface area contributed by atoms with Gasteiger partial charge >= 0.3 is 0 Å². The second kappa shape index (κ2) is 5.82. The van der Waals surface area contributed by atoms with E-state index in [1.165, 1.54) is 33.4 Å². The van der Waals surface area contributed by atoms with Crippen molar-refractivity contribution in [2.45, 2.75) is 54.1 Å². The molecule has 2 aromatic rings. The minimum atomic E-state index is -0.546. The largest absolute Gasteiger partial charge is 0.0799 e. The molecule has 26 heavy (non-hydrogen) atoms. The number of hydrogen-bond donors (Lipinski definition) is 0. The maximum absolute atomic E-state index is 2.43. The average molecular weight is 358 g/mol. The summed E-state index contributed by atoms with van der Waals surface area (Å²) in [5.41, 5.74) is 13.8. The van der Waals surface area contributed by atoms with Crippen LogP contribution in [-0.4, -0.2) is 8.80 Å². The Morgan fingerprint density at radius 1 is 0.846 bits per heavy atom. The van der Waals surface area contributed by atoms with Gasteiger partial charge in [-0.15, -0.1) is 0 Å². The monoisotopic (exact) mass is 357 g/mol. The van der Waals surface area contributed by atoms with Gasteiger partial charge in [0.15, 0.2) is 0 Å². The van der Waals surface area contributed by atoms with E-state index in [-0.39, 0.29) is 5.41 Å². The van der Waals surface area contributed by atoms with Gasteiger partial charge in [0.2, 0.25) is 0 Å². The Balaban J connectivity index is 2.04. The van der Waals surface area contributed by atoms with Gasteiger partial charge in [-0.1, -0.05) is 74.1 Å². The molecule has 2 aromatic carbocycles. The molecule has 133 valence electrons. The van der Waals surface area contributed by atoms with E-state index in [1.54, 1.807) is 21.9 Å². The summed E-state index contributed by atoms with van der Waals surface area (Å²) < 4.78 is 0. The summed E-state index contributed by atoms with van der Waals surface area (Å²) in [7, 11) is -0.546. The van der Waals surface area contributed by atoms with Crippen LogP contribution in [0.3, 0.4) is 0 Å². The van der Waals surface area contributed by atoms with Crippen LogP contribution in [0.1, 0.15) is 51.3 Å². The van der Waals surface area contributed by atoms with Crippen LogP contribution in [0.4, 0.5) is 0 Å². The fourth-order valence-corrected chi connectivity index (χ4v) is 6.20. The summed E-state index contributed by atoms with van der Waals surface area (Å²) >= 11 is 0. The van der Waals surface area contributed by atoms with Gasteiger partial charge in [-0.05, 0) is 71.7 Å². The molecule has 0 N–H and O–H groups in total. The topological polar surface area (TPSA) is 0 Å². The predicted molar refractivity (Wildman–Crippen MR) is 117 cm³/mol. The van der Waals surface area contributed by atoms with Crippen molar-refractivity contribution in [3.63, 3.8) is 0 Å². The lowest BCUT2D eigenvalue weighted by Crippen LogP contribution is -2.30. The maximum Gasteiger partial charge on any atom is 0.0799 e. The lowest BCUT2D eigenvalue weighted by atomic mass is 9.76. The number of allylic oxidation sites excluding steroid dienone is 4. The Hall–Kier alpha value is -1.86. The first-order valence-electron chi connectivity index (χ1n) is 9.70. The highest BCUT2D eigenvalue weighted by molar-refractivity contribution is 6.71. The second-order valence-corrected chi connectivity index (χ2v) is 11.3. The Morgan fingerprint density at radius 3 is 2.15 bits per heavy atom. The van der Waals surface area contributed by atoms with E-state index < -0.39 is 8.80 Å². The molecule has 0 fully saturated rings. The van der Waals surface area contributed by atoms with Crippen molar-refractivity contribution in [2.75, 3.05) is 0 Å². The first-order chi connectivity index (χ1) is 12.2. The van der Waals surface area contributed by atoms with E-state index >= 15 is 0 Å². The van der Waals surface area contributed by atoms with Gasteiger partial charge in [-0.3, -0.25) is 0 Å². The van der Waals surface area contributed by atoms with Gasteiger partial charge in [-0.25, -0.2) is 0 Å². The fraction of sp³-hybridized carbons (Fsp3) is 0.360. The van der Waals surface area contributed by atoms with Crippen LogP contribution in [-0.2, 0) is 6.42 Å². The van der Waals surface area contributed by atoms with Crippen molar-refractivity contribution < 1.29 is 0 Å². The van der Waals surface area contributed by atoms with Gasteiger partial charge in [0, 0.05) is 5.41 Å². The minimum Gasteiger partial charge on any atom is -0.0671 e. The van der Waals surface area contributed by atoms with Gasteiger partial charge in [0.1, 0.15) is 0 Å².